The van der Waals surface area contributed by atoms with E-state index in [-0.39, 0.29) is 46.3 Å². The third-order valence-corrected chi connectivity index (χ3v) is 9.54. The Balaban J connectivity index is 1.33. The van der Waals surface area contributed by atoms with E-state index in [4.69, 9.17) is 30.4 Å². The van der Waals surface area contributed by atoms with Crippen molar-refractivity contribution in [3.63, 3.8) is 0 Å². The minimum atomic E-state index is -0.755. The smallest absolute Gasteiger partial charge is 0.319 e. The van der Waals surface area contributed by atoms with Crippen LogP contribution in [0.15, 0.2) is 43.1 Å². The summed E-state index contributed by atoms with van der Waals surface area (Å²) in [6.45, 7) is 9.26. The Morgan fingerprint density at radius 3 is 2.72 bits per heavy atom. The molecule has 2 aliphatic heterocycles. The molecule has 1 saturated carbocycles. The van der Waals surface area contributed by atoms with Crippen LogP contribution in [0.4, 0.5) is 14.6 Å². The number of carbonyl (C=O) groups excluding carboxylic acids is 1. The van der Waals surface area contributed by atoms with Gasteiger partial charge in [0.15, 0.2) is 5.82 Å². The molecule has 11 nitrogen and oxygen atoms in total. The molecule has 0 radical (unpaired) electrons. The van der Waals surface area contributed by atoms with E-state index in [9.17, 15) is 9.18 Å². The lowest BCUT2D eigenvalue weighted by molar-refractivity contribution is -0.117. The van der Waals surface area contributed by atoms with E-state index in [0.717, 1.165) is 32.5 Å². The van der Waals surface area contributed by atoms with Crippen LogP contribution in [0.25, 0.3) is 32.9 Å². The number of anilines is 1. The zero-order valence-electron chi connectivity index (χ0n) is 27.8. The van der Waals surface area contributed by atoms with Crippen LogP contribution in [-0.2, 0) is 14.3 Å². The molecule has 1 amide bonds. The second-order valence-electron chi connectivity index (χ2n) is 13.0. The van der Waals surface area contributed by atoms with Crippen molar-refractivity contribution in [3.8, 4) is 35.4 Å². The quantitative estimate of drug-likeness (QED) is 0.194. The number of hydrogen-bond donors (Lipinski definition) is 1. The number of aromatic nitrogens is 3. The number of ether oxygens (including phenoxy) is 4. The second kappa shape index (κ2) is 14.1. The molecule has 50 heavy (non-hydrogen) atoms. The average molecular weight is 685 g/mol. The highest BCUT2D eigenvalue weighted by Gasteiger charge is 2.45. The summed E-state index contributed by atoms with van der Waals surface area (Å²) < 4.78 is 55.1. The molecule has 3 fully saturated rings. The lowest BCUT2D eigenvalue weighted by Gasteiger charge is -2.30. The van der Waals surface area contributed by atoms with E-state index in [2.05, 4.69) is 32.7 Å². The Bertz CT molecular complexity index is 1990. The first-order valence-electron chi connectivity index (χ1n) is 16.6. The van der Waals surface area contributed by atoms with Crippen molar-refractivity contribution in [2.24, 2.45) is 5.41 Å². The fourth-order valence-corrected chi connectivity index (χ4v) is 6.70. The fourth-order valence-electron chi connectivity index (χ4n) is 6.70. The number of amides is 1. The zero-order valence-corrected chi connectivity index (χ0v) is 27.8. The number of morpholine rings is 1. The van der Waals surface area contributed by atoms with Crippen molar-refractivity contribution >= 4 is 33.4 Å². The molecule has 3 aliphatic rings. The SMILES string of the molecule is C#Cc1c(F)ccc2cc(OC)cc(-c3ncc4c(N5CCOC[C@H](NC(=O)C=C)C5)nc(OCC5(CN6CCOCC6)CC5)nc4c3F)c12. The molecule has 0 unspecified atom stereocenters. The van der Waals surface area contributed by atoms with E-state index in [0.29, 0.717) is 67.2 Å². The molecule has 0 spiro atoms. The summed E-state index contributed by atoms with van der Waals surface area (Å²) in [5.74, 6) is 1.52. The number of terminal acetylenes is 1. The number of fused-ring (bicyclic) bond motifs is 2. The van der Waals surface area contributed by atoms with Crippen molar-refractivity contribution in [2.75, 3.05) is 77.8 Å². The molecular formula is C37H38F2N6O5. The number of rotatable bonds is 10. The molecule has 7 rings (SSSR count). The number of nitrogens with one attached hydrogen (secondary N) is 1. The van der Waals surface area contributed by atoms with Gasteiger partial charge in [-0.1, -0.05) is 18.6 Å². The number of hydrogen-bond acceptors (Lipinski definition) is 10. The van der Waals surface area contributed by atoms with Crippen molar-refractivity contribution < 1.29 is 32.5 Å². The van der Waals surface area contributed by atoms with Gasteiger partial charge in [0.25, 0.3) is 0 Å². The predicted octanol–water partition coefficient (Wildman–Crippen LogP) is 4.11. The van der Waals surface area contributed by atoms with E-state index < -0.39 is 17.7 Å². The third kappa shape index (κ3) is 6.79. The van der Waals surface area contributed by atoms with Crippen molar-refractivity contribution in [3.05, 3.63) is 60.3 Å². The van der Waals surface area contributed by atoms with Crippen molar-refractivity contribution in [1.29, 1.82) is 0 Å². The van der Waals surface area contributed by atoms with Crippen molar-refractivity contribution in [2.45, 2.75) is 18.9 Å². The van der Waals surface area contributed by atoms with Crippen LogP contribution >= 0.6 is 0 Å². The molecule has 1 atom stereocenters. The number of carbonyl (C=O) groups is 1. The molecule has 2 aromatic heterocycles. The largest absolute Gasteiger partial charge is 0.497 e. The van der Waals surface area contributed by atoms with Gasteiger partial charge in [0.1, 0.15) is 28.6 Å². The van der Waals surface area contributed by atoms with Gasteiger partial charge in [0, 0.05) is 55.3 Å². The molecule has 260 valence electrons. The van der Waals surface area contributed by atoms with Crippen LogP contribution in [0, 0.1) is 29.4 Å². The van der Waals surface area contributed by atoms with Gasteiger partial charge in [-0.3, -0.25) is 14.7 Å². The summed E-state index contributed by atoms with van der Waals surface area (Å²) in [4.78, 5) is 30.5. The van der Waals surface area contributed by atoms with Gasteiger partial charge in [-0.25, -0.2) is 8.78 Å². The van der Waals surface area contributed by atoms with Crippen LogP contribution < -0.4 is 19.7 Å². The molecule has 1 aliphatic carbocycles. The first-order chi connectivity index (χ1) is 24.3. The Kier molecular flexibility index (Phi) is 9.50. The zero-order chi connectivity index (χ0) is 34.8. The predicted molar refractivity (Wildman–Crippen MR) is 184 cm³/mol. The van der Waals surface area contributed by atoms with Gasteiger partial charge >= 0.3 is 6.01 Å². The Morgan fingerprint density at radius 2 is 1.98 bits per heavy atom. The van der Waals surface area contributed by atoms with Gasteiger partial charge in [0.2, 0.25) is 5.91 Å². The first kappa shape index (κ1) is 33.6. The van der Waals surface area contributed by atoms with Crippen LogP contribution in [0.5, 0.6) is 11.8 Å². The first-order valence-corrected chi connectivity index (χ1v) is 16.6. The summed E-state index contributed by atoms with van der Waals surface area (Å²) in [7, 11) is 1.49. The molecule has 2 saturated heterocycles. The maximum atomic E-state index is 17.0. The number of pyridine rings is 1. The minimum Gasteiger partial charge on any atom is -0.497 e. The van der Waals surface area contributed by atoms with Gasteiger partial charge < -0.3 is 29.2 Å². The van der Waals surface area contributed by atoms with E-state index in [1.807, 2.05) is 4.90 Å². The monoisotopic (exact) mass is 684 g/mol. The Morgan fingerprint density at radius 1 is 1.18 bits per heavy atom. The number of halogens is 2. The second-order valence-corrected chi connectivity index (χ2v) is 13.0. The molecule has 2 aromatic carbocycles. The van der Waals surface area contributed by atoms with Crippen LogP contribution in [-0.4, -0.2) is 105 Å². The van der Waals surface area contributed by atoms with E-state index in [1.54, 1.807) is 18.2 Å². The van der Waals surface area contributed by atoms with Gasteiger partial charge in [-0.2, -0.15) is 9.97 Å². The summed E-state index contributed by atoms with van der Waals surface area (Å²) in [6, 6.07) is 5.75. The standard InChI is InChI=1S/C37H38F2N6O5/c1-4-26-29(38)7-6-23-16-25(47-3)17-27(31(23)26)33-32(39)34-28(18-40-33)35(45-12-15-49-20-24(19-45)41-30(46)5-2)43-36(42-34)50-22-37(8-9-37)21-44-10-13-48-14-11-44/h1,5-7,16-18,24H,2,8-15,19-22H2,3H3,(H,41,46)/t24-/m1/s1. The van der Waals surface area contributed by atoms with Gasteiger partial charge in [-0.15, -0.1) is 6.42 Å². The van der Waals surface area contributed by atoms with Gasteiger partial charge in [-0.05, 0) is 42.5 Å². The van der Waals surface area contributed by atoms with Crippen molar-refractivity contribution in [1.82, 2.24) is 25.2 Å². The maximum Gasteiger partial charge on any atom is 0.319 e. The van der Waals surface area contributed by atoms with Crippen LogP contribution in [0.1, 0.15) is 18.4 Å². The van der Waals surface area contributed by atoms with Crippen LogP contribution in [0.2, 0.25) is 0 Å². The minimum absolute atomic E-state index is 0.0129. The average Bonchev–Trinajstić information content (AvgIpc) is 3.94. The molecule has 0 bridgehead atoms. The summed E-state index contributed by atoms with van der Waals surface area (Å²) in [6.07, 6.45) is 10.4. The highest BCUT2D eigenvalue weighted by atomic mass is 19.1. The summed E-state index contributed by atoms with van der Waals surface area (Å²) in [5, 5.41) is 4.11. The number of benzene rings is 2. The summed E-state index contributed by atoms with van der Waals surface area (Å²) >= 11 is 0. The number of nitrogens with zero attached hydrogens (tertiary/aromatic N) is 5. The lowest BCUT2D eigenvalue weighted by atomic mass is 9.95. The highest BCUT2D eigenvalue weighted by molar-refractivity contribution is 6.03. The molecule has 4 heterocycles. The summed E-state index contributed by atoms with van der Waals surface area (Å²) in [5.41, 5.74) is 0.0799. The fraction of sp³-hybridized carbons (Fsp3) is 0.405. The molecule has 1 N–H and O–H groups in total. The lowest BCUT2D eigenvalue weighted by Crippen LogP contribution is -2.44. The third-order valence-electron chi connectivity index (χ3n) is 9.54. The van der Waals surface area contributed by atoms with Crippen LogP contribution in [0.3, 0.4) is 0 Å². The van der Waals surface area contributed by atoms with E-state index in [1.165, 1.54) is 25.4 Å². The highest BCUT2D eigenvalue weighted by Crippen LogP contribution is 2.47. The molecular weight excluding hydrogens is 646 g/mol. The Labute approximate surface area is 288 Å². The van der Waals surface area contributed by atoms with Gasteiger partial charge in [0.05, 0.1) is 57.1 Å². The van der Waals surface area contributed by atoms with E-state index >= 15 is 4.39 Å². The number of methoxy groups -OCH3 is 1. The molecule has 13 heteroatoms. The molecule has 4 aromatic rings. The Hall–Kier alpha value is -4.90. The normalized spacial score (nSPS) is 19.1. The topological polar surface area (TPSA) is 111 Å². The maximum absolute atomic E-state index is 17.0.